The minimum absolute atomic E-state index is 0.0104. The Morgan fingerprint density at radius 1 is 1.12 bits per heavy atom. The first kappa shape index (κ1) is 16.4. The molecular formula is C12H26N2O3. The Morgan fingerprint density at radius 2 is 1.76 bits per heavy atom. The lowest BCUT2D eigenvalue weighted by molar-refractivity contribution is -0.122. The lowest BCUT2D eigenvalue weighted by Crippen LogP contribution is -2.20. The fraction of sp³-hybridized carbons (Fsp3) is 0.917. The summed E-state index contributed by atoms with van der Waals surface area (Å²) in [6.45, 7) is 6.99. The number of primary amides is 1. The maximum absolute atomic E-state index is 10.4. The fourth-order valence-electron chi connectivity index (χ4n) is 1.40. The summed E-state index contributed by atoms with van der Waals surface area (Å²) in [6, 6.07) is 0. The minimum atomic E-state index is -0.436. The van der Waals surface area contributed by atoms with Crippen LogP contribution in [-0.4, -0.2) is 38.9 Å². The first-order valence-electron chi connectivity index (χ1n) is 6.12. The molecule has 0 saturated heterocycles. The van der Waals surface area contributed by atoms with Crippen LogP contribution in [0.1, 0.15) is 33.1 Å². The largest absolute Gasteiger partial charge is 0.381 e. The molecule has 0 saturated carbocycles. The number of carbonyl (C=O) groups excluding carboxylic acids is 1. The highest BCUT2D eigenvalue weighted by atomic mass is 16.5. The van der Waals surface area contributed by atoms with Gasteiger partial charge in [-0.3, -0.25) is 4.79 Å². The second-order valence-electron chi connectivity index (χ2n) is 4.94. The minimum Gasteiger partial charge on any atom is -0.381 e. The van der Waals surface area contributed by atoms with Crippen LogP contribution in [0.25, 0.3) is 0 Å². The van der Waals surface area contributed by atoms with E-state index in [1.807, 2.05) is 0 Å². The van der Waals surface area contributed by atoms with Crippen molar-refractivity contribution in [2.24, 2.45) is 16.9 Å². The second-order valence-corrected chi connectivity index (χ2v) is 4.94. The van der Waals surface area contributed by atoms with Crippen LogP contribution < -0.4 is 11.5 Å². The van der Waals surface area contributed by atoms with Gasteiger partial charge < -0.3 is 20.9 Å². The molecule has 0 atom stereocenters. The summed E-state index contributed by atoms with van der Waals surface area (Å²) < 4.78 is 10.5. The molecule has 0 spiro atoms. The maximum Gasteiger partial charge on any atom is 0.243 e. The standard InChI is InChI=1S/C12H26N2O3/c1-12(2,4-6-13)5-9-16-7-3-8-17-10-11(14)15/h3-10,13H2,1-2H3,(H2,14,15). The van der Waals surface area contributed by atoms with E-state index in [2.05, 4.69) is 13.8 Å². The smallest absolute Gasteiger partial charge is 0.243 e. The predicted octanol–water partition coefficient (Wildman–Crippen LogP) is 0.660. The van der Waals surface area contributed by atoms with Crippen LogP contribution >= 0.6 is 0 Å². The lowest BCUT2D eigenvalue weighted by atomic mass is 9.86. The van der Waals surface area contributed by atoms with E-state index < -0.39 is 5.91 Å². The van der Waals surface area contributed by atoms with Crippen LogP contribution in [0.5, 0.6) is 0 Å². The molecule has 0 aliphatic rings. The SMILES string of the molecule is CC(C)(CCN)CCOCCCOCC(N)=O. The summed E-state index contributed by atoms with van der Waals surface area (Å²) in [5, 5.41) is 0. The number of ether oxygens (including phenoxy) is 2. The molecule has 0 unspecified atom stereocenters. The third-order valence-electron chi connectivity index (χ3n) is 2.57. The zero-order chi connectivity index (χ0) is 13.1. The summed E-state index contributed by atoms with van der Waals surface area (Å²) >= 11 is 0. The van der Waals surface area contributed by atoms with E-state index in [1.165, 1.54) is 0 Å². The maximum atomic E-state index is 10.4. The molecule has 0 bridgehead atoms. The summed E-state index contributed by atoms with van der Waals surface area (Å²) in [5.41, 5.74) is 10.7. The van der Waals surface area contributed by atoms with Crippen molar-refractivity contribution in [2.45, 2.75) is 33.1 Å². The summed E-state index contributed by atoms with van der Waals surface area (Å²) in [6.07, 6.45) is 2.80. The molecule has 5 heteroatoms. The molecule has 5 nitrogen and oxygen atoms in total. The molecule has 0 fully saturated rings. The van der Waals surface area contributed by atoms with Gasteiger partial charge in [0.2, 0.25) is 5.91 Å². The van der Waals surface area contributed by atoms with Gasteiger partial charge >= 0.3 is 0 Å². The molecule has 0 radical (unpaired) electrons. The molecule has 17 heavy (non-hydrogen) atoms. The number of hydrogen-bond acceptors (Lipinski definition) is 4. The molecule has 0 heterocycles. The molecule has 0 aliphatic carbocycles. The van der Waals surface area contributed by atoms with Crippen LogP contribution in [0.2, 0.25) is 0 Å². The number of carbonyl (C=O) groups is 1. The van der Waals surface area contributed by atoms with Crippen molar-refractivity contribution in [1.29, 1.82) is 0 Å². The fourth-order valence-corrected chi connectivity index (χ4v) is 1.40. The lowest BCUT2D eigenvalue weighted by Gasteiger charge is -2.23. The molecule has 0 rings (SSSR count). The van der Waals surface area contributed by atoms with E-state index in [0.717, 1.165) is 25.9 Å². The van der Waals surface area contributed by atoms with Crippen molar-refractivity contribution in [2.75, 3.05) is 33.0 Å². The normalized spacial score (nSPS) is 11.7. The summed E-state index contributed by atoms with van der Waals surface area (Å²) in [4.78, 5) is 10.4. The zero-order valence-electron chi connectivity index (χ0n) is 11.0. The van der Waals surface area contributed by atoms with Crippen LogP contribution in [0.3, 0.4) is 0 Å². The van der Waals surface area contributed by atoms with E-state index in [1.54, 1.807) is 0 Å². The van der Waals surface area contributed by atoms with Crippen molar-refractivity contribution in [1.82, 2.24) is 0 Å². The predicted molar refractivity (Wildman–Crippen MR) is 67.5 cm³/mol. The van der Waals surface area contributed by atoms with E-state index in [9.17, 15) is 4.79 Å². The zero-order valence-corrected chi connectivity index (χ0v) is 11.0. The van der Waals surface area contributed by atoms with Crippen LogP contribution in [-0.2, 0) is 14.3 Å². The summed E-state index contributed by atoms with van der Waals surface area (Å²) in [7, 11) is 0. The highest BCUT2D eigenvalue weighted by molar-refractivity contribution is 5.74. The Morgan fingerprint density at radius 3 is 2.35 bits per heavy atom. The molecule has 102 valence electrons. The van der Waals surface area contributed by atoms with Crippen molar-refractivity contribution >= 4 is 5.91 Å². The average Bonchev–Trinajstić information content (AvgIpc) is 2.21. The van der Waals surface area contributed by atoms with Gasteiger partial charge in [-0.1, -0.05) is 13.8 Å². The van der Waals surface area contributed by atoms with Crippen molar-refractivity contribution in [3.8, 4) is 0 Å². The van der Waals surface area contributed by atoms with Gasteiger partial charge in [0.05, 0.1) is 0 Å². The first-order valence-corrected chi connectivity index (χ1v) is 6.12. The highest BCUT2D eigenvalue weighted by Gasteiger charge is 2.15. The van der Waals surface area contributed by atoms with Gasteiger partial charge in [-0.05, 0) is 31.2 Å². The molecule has 1 amide bonds. The second kappa shape index (κ2) is 9.39. The Hall–Kier alpha value is -0.650. The molecule has 4 N–H and O–H groups in total. The van der Waals surface area contributed by atoms with Crippen LogP contribution in [0.4, 0.5) is 0 Å². The number of hydrogen-bond donors (Lipinski definition) is 2. The molecular weight excluding hydrogens is 220 g/mol. The van der Waals surface area contributed by atoms with Crippen LogP contribution in [0.15, 0.2) is 0 Å². The van der Waals surface area contributed by atoms with E-state index in [4.69, 9.17) is 20.9 Å². The van der Waals surface area contributed by atoms with Gasteiger partial charge in [0.25, 0.3) is 0 Å². The van der Waals surface area contributed by atoms with Crippen molar-refractivity contribution in [3.05, 3.63) is 0 Å². The van der Waals surface area contributed by atoms with Gasteiger partial charge in [-0.15, -0.1) is 0 Å². The van der Waals surface area contributed by atoms with Crippen molar-refractivity contribution in [3.63, 3.8) is 0 Å². The molecule has 0 aromatic heterocycles. The number of amides is 1. The Kier molecular flexibility index (Phi) is 9.03. The van der Waals surface area contributed by atoms with Gasteiger partial charge in [0, 0.05) is 19.8 Å². The van der Waals surface area contributed by atoms with Gasteiger partial charge in [-0.25, -0.2) is 0 Å². The molecule has 0 aromatic rings. The van der Waals surface area contributed by atoms with Gasteiger partial charge in [0.15, 0.2) is 0 Å². The third-order valence-corrected chi connectivity index (χ3v) is 2.57. The quantitative estimate of drug-likeness (QED) is 0.524. The van der Waals surface area contributed by atoms with E-state index in [0.29, 0.717) is 19.8 Å². The Labute approximate surface area is 104 Å². The third kappa shape index (κ3) is 11.6. The van der Waals surface area contributed by atoms with E-state index >= 15 is 0 Å². The molecule has 0 aromatic carbocycles. The Bertz CT molecular complexity index is 208. The van der Waals surface area contributed by atoms with Crippen molar-refractivity contribution < 1.29 is 14.3 Å². The average molecular weight is 246 g/mol. The van der Waals surface area contributed by atoms with Gasteiger partial charge in [0.1, 0.15) is 6.61 Å². The topological polar surface area (TPSA) is 87.6 Å². The van der Waals surface area contributed by atoms with E-state index in [-0.39, 0.29) is 12.0 Å². The number of rotatable bonds is 11. The monoisotopic (exact) mass is 246 g/mol. The highest BCUT2D eigenvalue weighted by Crippen LogP contribution is 2.23. The molecule has 0 aliphatic heterocycles. The van der Waals surface area contributed by atoms with Gasteiger partial charge in [-0.2, -0.15) is 0 Å². The van der Waals surface area contributed by atoms with Crippen LogP contribution in [0, 0.1) is 5.41 Å². The number of nitrogens with two attached hydrogens (primary N) is 2. The first-order chi connectivity index (χ1) is 7.98. The Balaban J connectivity index is 3.26. The summed E-state index contributed by atoms with van der Waals surface area (Å²) in [5.74, 6) is -0.436.